The topological polar surface area (TPSA) is 3.88 Å². The van der Waals surface area contributed by atoms with E-state index in [-0.39, 0.29) is 24.0 Å². The van der Waals surface area contributed by atoms with Crippen molar-refractivity contribution in [1.82, 2.24) is 0 Å². The average molecular weight is 311 g/mol. The summed E-state index contributed by atoms with van der Waals surface area (Å²) in [4.78, 5) is 0. The first-order chi connectivity index (χ1) is 5.33. The van der Waals surface area contributed by atoms with Crippen LogP contribution in [0, 0.1) is 6.92 Å². The van der Waals surface area contributed by atoms with E-state index in [4.69, 9.17) is 0 Å². The standard InChI is InChI=1S/C8H10NS2.HI/c1-3-9-6(2)11-8-7(9)4-5-10-8;/h4-5H,3H2,1-2H3;1H/q+1;/p-1. The van der Waals surface area contributed by atoms with Crippen LogP contribution >= 0.6 is 22.7 Å². The number of halogens is 1. The van der Waals surface area contributed by atoms with Crippen molar-refractivity contribution < 1.29 is 28.5 Å². The van der Waals surface area contributed by atoms with Gasteiger partial charge in [0.2, 0.25) is 10.5 Å². The summed E-state index contributed by atoms with van der Waals surface area (Å²) in [5.41, 5.74) is 1.40. The molecule has 1 nitrogen and oxygen atoms in total. The molecule has 0 spiro atoms. The van der Waals surface area contributed by atoms with Crippen LogP contribution in [0.1, 0.15) is 11.9 Å². The summed E-state index contributed by atoms with van der Waals surface area (Å²) in [6.45, 7) is 5.46. The molecule has 2 rings (SSSR count). The van der Waals surface area contributed by atoms with Crippen LogP contribution < -0.4 is 28.5 Å². The first-order valence-electron chi connectivity index (χ1n) is 3.69. The van der Waals surface area contributed by atoms with Gasteiger partial charge in [0, 0.05) is 13.0 Å². The molecule has 0 bridgehead atoms. The number of rotatable bonds is 1. The predicted octanol–water partition coefficient (Wildman–Crippen LogP) is -0.417. The lowest BCUT2D eigenvalue weighted by molar-refractivity contribution is -0.669. The number of hydrogen-bond acceptors (Lipinski definition) is 2. The molecule has 0 amide bonds. The Balaban J connectivity index is 0.000000720. The number of fused-ring (bicyclic) bond motifs is 1. The van der Waals surface area contributed by atoms with Gasteiger partial charge in [-0.05, 0) is 12.3 Å². The molecule has 66 valence electrons. The third-order valence-electron chi connectivity index (χ3n) is 1.84. The molecule has 0 atom stereocenters. The molecule has 0 aliphatic heterocycles. The van der Waals surface area contributed by atoms with Crippen LogP contribution in [-0.4, -0.2) is 0 Å². The highest BCUT2D eigenvalue weighted by Crippen LogP contribution is 2.24. The maximum atomic E-state index is 2.36. The number of hydrogen-bond donors (Lipinski definition) is 0. The highest BCUT2D eigenvalue weighted by molar-refractivity contribution is 7.36. The lowest BCUT2D eigenvalue weighted by Crippen LogP contribution is -3.00. The molecule has 2 heterocycles. The van der Waals surface area contributed by atoms with E-state index in [9.17, 15) is 0 Å². The van der Waals surface area contributed by atoms with Crippen LogP contribution in [0.15, 0.2) is 11.4 Å². The molecule has 0 N–H and O–H groups in total. The molecule has 2 aromatic heterocycles. The zero-order valence-corrected chi connectivity index (χ0v) is 10.8. The van der Waals surface area contributed by atoms with Crippen LogP contribution in [-0.2, 0) is 6.54 Å². The summed E-state index contributed by atoms with van der Waals surface area (Å²) in [7, 11) is 0. The molecule has 4 heteroatoms. The van der Waals surface area contributed by atoms with Gasteiger partial charge in [-0.2, -0.15) is 4.57 Å². The minimum Gasteiger partial charge on any atom is -1.00 e. The summed E-state index contributed by atoms with van der Waals surface area (Å²) in [6.07, 6.45) is 0. The Morgan fingerprint density at radius 1 is 1.50 bits per heavy atom. The smallest absolute Gasteiger partial charge is 0.235 e. The molecule has 0 fully saturated rings. The molecule has 2 aromatic rings. The van der Waals surface area contributed by atoms with Crippen molar-refractivity contribution in [2.24, 2.45) is 0 Å². The maximum Gasteiger partial charge on any atom is 0.235 e. The molecule has 0 aromatic carbocycles. The Morgan fingerprint density at radius 2 is 2.25 bits per heavy atom. The van der Waals surface area contributed by atoms with Crippen LogP contribution in [0.2, 0.25) is 0 Å². The van der Waals surface area contributed by atoms with E-state index in [0.29, 0.717) is 0 Å². The fourth-order valence-corrected chi connectivity index (χ4v) is 3.55. The van der Waals surface area contributed by atoms with Gasteiger partial charge >= 0.3 is 0 Å². The van der Waals surface area contributed by atoms with Gasteiger partial charge in [-0.25, -0.2) is 0 Å². The summed E-state index contributed by atoms with van der Waals surface area (Å²) in [5, 5.41) is 3.57. The Bertz CT molecular complexity index is 377. The number of aryl methyl sites for hydroxylation is 2. The van der Waals surface area contributed by atoms with Crippen LogP contribution in [0.5, 0.6) is 0 Å². The van der Waals surface area contributed by atoms with Crippen molar-refractivity contribution in [2.75, 3.05) is 0 Å². The van der Waals surface area contributed by atoms with E-state index in [1.807, 2.05) is 22.7 Å². The van der Waals surface area contributed by atoms with E-state index in [1.54, 1.807) is 0 Å². The second kappa shape index (κ2) is 4.02. The molecule has 0 aliphatic rings. The van der Waals surface area contributed by atoms with Gasteiger partial charge in [0.25, 0.3) is 0 Å². The molecule has 0 aliphatic carbocycles. The second-order valence-corrected chi connectivity index (χ2v) is 4.84. The number of nitrogens with zero attached hydrogens (tertiary/aromatic N) is 1. The Morgan fingerprint density at radius 3 is 2.92 bits per heavy atom. The Hall–Kier alpha value is 0.320. The summed E-state index contributed by atoms with van der Waals surface area (Å²) in [5.74, 6) is 0. The molecule has 0 saturated carbocycles. The van der Waals surface area contributed by atoms with Crippen LogP contribution in [0.25, 0.3) is 9.53 Å². The Kier molecular flexibility index (Phi) is 3.48. The minimum atomic E-state index is 0. The zero-order valence-electron chi connectivity index (χ0n) is 7.00. The van der Waals surface area contributed by atoms with Crippen molar-refractivity contribution in [3.05, 3.63) is 16.5 Å². The molecule has 0 saturated heterocycles. The summed E-state index contributed by atoms with van der Waals surface area (Å²) in [6, 6.07) is 2.20. The lowest BCUT2D eigenvalue weighted by atomic mass is 10.5. The van der Waals surface area contributed by atoms with E-state index in [2.05, 4.69) is 29.9 Å². The van der Waals surface area contributed by atoms with Crippen molar-refractivity contribution in [2.45, 2.75) is 20.4 Å². The first-order valence-corrected chi connectivity index (χ1v) is 5.39. The highest BCUT2D eigenvalue weighted by Gasteiger charge is 2.15. The molecular formula is C8H10INS2. The normalized spacial score (nSPS) is 10.2. The molecule has 0 unspecified atom stereocenters. The third-order valence-corrected chi connectivity index (χ3v) is 3.98. The van der Waals surface area contributed by atoms with Crippen LogP contribution in [0.3, 0.4) is 0 Å². The predicted molar refractivity (Wildman–Crippen MR) is 50.3 cm³/mol. The van der Waals surface area contributed by atoms with Gasteiger partial charge in [0.15, 0.2) is 4.01 Å². The van der Waals surface area contributed by atoms with E-state index >= 15 is 0 Å². The lowest BCUT2D eigenvalue weighted by Gasteiger charge is -1.85. The molecular weight excluding hydrogens is 301 g/mol. The first kappa shape index (κ1) is 10.4. The molecule has 12 heavy (non-hydrogen) atoms. The highest BCUT2D eigenvalue weighted by atomic mass is 127. The van der Waals surface area contributed by atoms with Crippen molar-refractivity contribution in [1.29, 1.82) is 0 Å². The minimum absolute atomic E-state index is 0. The number of thiazole rings is 1. The molecule has 0 radical (unpaired) electrons. The largest absolute Gasteiger partial charge is 1.00 e. The van der Waals surface area contributed by atoms with E-state index in [0.717, 1.165) is 6.54 Å². The van der Waals surface area contributed by atoms with Gasteiger partial charge in [0.05, 0.1) is 0 Å². The fraction of sp³-hybridized carbons (Fsp3) is 0.375. The average Bonchev–Trinajstić information content (AvgIpc) is 2.46. The van der Waals surface area contributed by atoms with Crippen molar-refractivity contribution >= 4 is 32.2 Å². The number of thiophene rings is 1. The summed E-state index contributed by atoms with van der Waals surface area (Å²) >= 11 is 3.73. The van der Waals surface area contributed by atoms with Crippen molar-refractivity contribution in [3.8, 4) is 0 Å². The van der Waals surface area contributed by atoms with Gasteiger partial charge in [-0.1, -0.05) is 11.3 Å². The van der Waals surface area contributed by atoms with Gasteiger partial charge in [-0.3, -0.25) is 0 Å². The maximum absolute atomic E-state index is 2.36. The van der Waals surface area contributed by atoms with Gasteiger partial charge in [0.1, 0.15) is 6.54 Å². The van der Waals surface area contributed by atoms with E-state index in [1.165, 1.54) is 14.5 Å². The monoisotopic (exact) mass is 311 g/mol. The van der Waals surface area contributed by atoms with Crippen LogP contribution in [0.4, 0.5) is 0 Å². The quantitative estimate of drug-likeness (QED) is 0.498. The van der Waals surface area contributed by atoms with E-state index < -0.39 is 0 Å². The van der Waals surface area contributed by atoms with Gasteiger partial charge < -0.3 is 24.0 Å². The number of aromatic nitrogens is 1. The SMILES string of the molecule is CC[n+]1c(C)sc2sccc21.[I-]. The second-order valence-electron chi connectivity index (χ2n) is 2.46. The zero-order chi connectivity index (χ0) is 7.84. The van der Waals surface area contributed by atoms with Crippen molar-refractivity contribution in [3.63, 3.8) is 0 Å². The fourth-order valence-electron chi connectivity index (χ4n) is 1.32. The van der Waals surface area contributed by atoms with Gasteiger partial charge in [-0.15, -0.1) is 11.3 Å². The third kappa shape index (κ3) is 1.52. The Labute approximate surface area is 97.1 Å². The summed E-state index contributed by atoms with van der Waals surface area (Å²) < 4.78 is 3.81.